The van der Waals surface area contributed by atoms with Crippen LogP contribution in [0.2, 0.25) is 5.02 Å². The smallest absolute Gasteiger partial charge is 0.251 e. The van der Waals surface area contributed by atoms with Crippen molar-refractivity contribution in [3.05, 3.63) is 64.7 Å². The molecule has 2 rings (SSSR count). The second-order valence-electron chi connectivity index (χ2n) is 4.48. The third-order valence-corrected chi connectivity index (χ3v) is 3.26. The van der Waals surface area contributed by atoms with Gasteiger partial charge in [0.05, 0.1) is 13.2 Å². The Hall–Kier alpha value is -2.00. The van der Waals surface area contributed by atoms with Crippen molar-refractivity contribution in [1.29, 1.82) is 0 Å². The second kappa shape index (κ2) is 6.44. The van der Waals surface area contributed by atoms with Crippen LogP contribution in [0.1, 0.15) is 28.9 Å². The average molecular weight is 290 g/mol. The Morgan fingerprint density at radius 2 is 1.95 bits per heavy atom. The van der Waals surface area contributed by atoms with Crippen LogP contribution in [0.4, 0.5) is 0 Å². The van der Waals surface area contributed by atoms with Crippen LogP contribution < -0.4 is 10.1 Å². The molecule has 0 aliphatic rings. The van der Waals surface area contributed by atoms with E-state index in [0.29, 0.717) is 16.3 Å². The quantitative estimate of drug-likeness (QED) is 0.929. The van der Waals surface area contributed by atoms with Crippen molar-refractivity contribution in [3.63, 3.8) is 0 Å². The summed E-state index contributed by atoms with van der Waals surface area (Å²) >= 11 is 5.95. The Bertz CT molecular complexity index is 613. The molecule has 0 aliphatic heterocycles. The standard InChI is InChI=1S/C16H16ClNO2/c1-11(12-5-3-7-14(17)9-12)18-16(19)13-6-4-8-15(10-13)20-2/h3-11H,1-2H3,(H,18,19). The summed E-state index contributed by atoms with van der Waals surface area (Å²) in [6, 6.07) is 14.4. The summed E-state index contributed by atoms with van der Waals surface area (Å²) in [7, 11) is 1.58. The van der Waals surface area contributed by atoms with Gasteiger partial charge in [0.15, 0.2) is 0 Å². The zero-order valence-electron chi connectivity index (χ0n) is 11.4. The van der Waals surface area contributed by atoms with E-state index in [4.69, 9.17) is 16.3 Å². The van der Waals surface area contributed by atoms with E-state index >= 15 is 0 Å². The number of methoxy groups -OCH3 is 1. The summed E-state index contributed by atoms with van der Waals surface area (Å²) in [5, 5.41) is 3.60. The van der Waals surface area contributed by atoms with Gasteiger partial charge in [-0.1, -0.05) is 29.8 Å². The predicted octanol–water partition coefficient (Wildman–Crippen LogP) is 3.84. The van der Waals surface area contributed by atoms with Gasteiger partial charge in [-0.2, -0.15) is 0 Å². The molecule has 0 bridgehead atoms. The first kappa shape index (κ1) is 14.4. The number of nitrogens with one attached hydrogen (secondary N) is 1. The molecule has 0 fully saturated rings. The Labute approximate surface area is 123 Å². The van der Waals surface area contributed by atoms with Crippen LogP contribution in [0.3, 0.4) is 0 Å². The number of halogens is 1. The zero-order chi connectivity index (χ0) is 14.5. The van der Waals surface area contributed by atoms with Crippen LogP contribution in [-0.2, 0) is 0 Å². The van der Waals surface area contributed by atoms with E-state index in [1.165, 1.54) is 0 Å². The lowest BCUT2D eigenvalue weighted by Gasteiger charge is -2.15. The fraction of sp³-hybridized carbons (Fsp3) is 0.188. The van der Waals surface area contributed by atoms with E-state index in [9.17, 15) is 4.79 Å². The average Bonchev–Trinajstić information content (AvgIpc) is 2.47. The maximum atomic E-state index is 12.2. The Morgan fingerprint density at radius 3 is 2.65 bits per heavy atom. The molecule has 2 aromatic carbocycles. The molecule has 0 aliphatic carbocycles. The fourth-order valence-electron chi connectivity index (χ4n) is 1.90. The normalized spacial score (nSPS) is 11.8. The van der Waals surface area contributed by atoms with Crippen molar-refractivity contribution in [1.82, 2.24) is 5.32 Å². The van der Waals surface area contributed by atoms with Gasteiger partial charge in [-0.15, -0.1) is 0 Å². The van der Waals surface area contributed by atoms with Gasteiger partial charge in [-0.05, 0) is 42.8 Å². The summed E-state index contributed by atoms with van der Waals surface area (Å²) in [6.07, 6.45) is 0. The number of carbonyl (C=O) groups excluding carboxylic acids is 1. The van der Waals surface area contributed by atoms with Crippen molar-refractivity contribution in [2.45, 2.75) is 13.0 Å². The lowest BCUT2D eigenvalue weighted by atomic mass is 10.1. The predicted molar refractivity (Wildman–Crippen MR) is 80.3 cm³/mol. The summed E-state index contributed by atoms with van der Waals surface area (Å²) in [4.78, 5) is 12.2. The fourth-order valence-corrected chi connectivity index (χ4v) is 2.10. The number of carbonyl (C=O) groups is 1. The number of ether oxygens (including phenoxy) is 1. The first-order chi connectivity index (χ1) is 9.60. The SMILES string of the molecule is COc1cccc(C(=O)NC(C)c2cccc(Cl)c2)c1. The molecule has 0 aromatic heterocycles. The Balaban J connectivity index is 2.10. The molecule has 0 heterocycles. The summed E-state index contributed by atoms with van der Waals surface area (Å²) in [5.41, 5.74) is 1.53. The molecule has 1 amide bonds. The van der Waals surface area contributed by atoms with Crippen LogP contribution in [0, 0.1) is 0 Å². The second-order valence-corrected chi connectivity index (χ2v) is 4.92. The lowest BCUT2D eigenvalue weighted by molar-refractivity contribution is 0.0939. The van der Waals surface area contributed by atoms with E-state index in [1.807, 2.05) is 31.2 Å². The largest absolute Gasteiger partial charge is 0.497 e. The molecular weight excluding hydrogens is 274 g/mol. The maximum absolute atomic E-state index is 12.2. The van der Waals surface area contributed by atoms with Crippen molar-refractivity contribution < 1.29 is 9.53 Å². The number of benzene rings is 2. The molecule has 0 radical (unpaired) electrons. The highest BCUT2D eigenvalue weighted by molar-refractivity contribution is 6.30. The highest BCUT2D eigenvalue weighted by atomic mass is 35.5. The molecule has 1 atom stereocenters. The molecule has 1 unspecified atom stereocenters. The molecule has 0 saturated heterocycles. The number of rotatable bonds is 4. The molecular formula is C16H16ClNO2. The molecule has 104 valence electrons. The number of amides is 1. The highest BCUT2D eigenvalue weighted by Crippen LogP contribution is 2.18. The number of hydrogen-bond donors (Lipinski definition) is 1. The first-order valence-corrected chi connectivity index (χ1v) is 6.68. The van der Waals surface area contributed by atoms with E-state index in [1.54, 1.807) is 31.4 Å². The van der Waals surface area contributed by atoms with Crippen LogP contribution in [0.25, 0.3) is 0 Å². The van der Waals surface area contributed by atoms with Gasteiger partial charge in [0, 0.05) is 10.6 Å². The van der Waals surface area contributed by atoms with Crippen LogP contribution in [0.5, 0.6) is 5.75 Å². The van der Waals surface area contributed by atoms with Gasteiger partial charge in [-0.3, -0.25) is 4.79 Å². The minimum Gasteiger partial charge on any atom is -0.497 e. The van der Waals surface area contributed by atoms with Crippen molar-refractivity contribution in [2.75, 3.05) is 7.11 Å². The molecule has 0 saturated carbocycles. The van der Waals surface area contributed by atoms with Crippen molar-refractivity contribution >= 4 is 17.5 Å². The molecule has 20 heavy (non-hydrogen) atoms. The zero-order valence-corrected chi connectivity index (χ0v) is 12.1. The third kappa shape index (κ3) is 3.52. The maximum Gasteiger partial charge on any atom is 0.251 e. The van der Waals surface area contributed by atoms with Crippen molar-refractivity contribution in [2.24, 2.45) is 0 Å². The van der Waals surface area contributed by atoms with Gasteiger partial charge in [0.1, 0.15) is 5.75 Å². The van der Waals surface area contributed by atoms with E-state index in [2.05, 4.69) is 5.32 Å². The molecule has 1 N–H and O–H groups in total. The van der Waals surface area contributed by atoms with E-state index in [-0.39, 0.29) is 11.9 Å². The highest BCUT2D eigenvalue weighted by Gasteiger charge is 2.12. The van der Waals surface area contributed by atoms with E-state index in [0.717, 1.165) is 5.56 Å². The summed E-state index contributed by atoms with van der Waals surface area (Å²) in [5.74, 6) is 0.518. The minimum atomic E-state index is -0.142. The van der Waals surface area contributed by atoms with Crippen LogP contribution >= 0.6 is 11.6 Å². The molecule has 4 heteroatoms. The van der Waals surface area contributed by atoms with Gasteiger partial charge < -0.3 is 10.1 Å². The van der Waals surface area contributed by atoms with Crippen LogP contribution in [-0.4, -0.2) is 13.0 Å². The van der Waals surface area contributed by atoms with Gasteiger partial charge in [-0.25, -0.2) is 0 Å². The number of hydrogen-bond acceptors (Lipinski definition) is 2. The Kier molecular flexibility index (Phi) is 4.64. The monoisotopic (exact) mass is 289 g/mol. The first-order valence-electron chi connectivity index (χ1n) is 6.30. The van der Waals surface area contributed by atoms with Gasteiger partial charge in [0.25, 0.3) is 5.91 Å². The summed E-state index contributed by atoms with van der Waals surface area (Å²) < 4.78 is 5.11. The Morgan fingerprint density at radius 1 is 1.20 bits per heavy atom. The summed E-state index contributed by atoms with van der Waals surface area (Å²) in [6.45, 7) is 1.92. The van der Waals surface area contributed by atoms with Gasteiger partial charge in [0.2, 0.25) is 0 Å². The third-order valence-electron chi connectivity index (χ3n) is 3.03. The van der Waals surface area contributed by atoms with Gasteiger partial charge >= 0.3 is 0 Å². The van der Waals surface area contributed by atoms with Crippen LogP contribution in [0.15, 0.2) is 48.5 Å². The topological polar surface area (TPSA) is 38.3 Å². The molecule has 0 spiro atoms. The molecule has 2 aromatic rings. The van der Waals surface area contributed by atoms with E-state index < -0.39 is 0 Å². The minimum absolute atomic E-state index is 0.118. The molecule has 3 nitrogen and oxygen atoms in total. The lowest BCUT2D eigenvalue weighted by Crippen LogP contribution is -2.26. The van der Waals surface area contributed by atoms with Crippen molar-refractivity contribution in [3.8, 4) is 5.75 Å².